The number of carbonyl (C=O) groups is 1. The van der Waals surface area contributed by atoms with E-state index in [9.17, 15) is 4.79 Å². The predicted molar refractivity (Wildman–Crippen MR) is 79.1 cm³/mol. The Labute approximate surface area is 119 Å². The van der Waals surface area contributed by atoms with E-state index in [4.69, 9.17) is 4.74 Å². The van der Waals surface area contributed by atoms with Crippen molar-refractivity contribution in [2.45, 2.75) is 12.8 Å². The van der Waals surface area contributed by atoms with E-state index in [1.807, 2.05) is 25.1 Å². The summed E-state index contributed by atoms with van der Waals surface area (Å²) in [6.45, 7) is 2.21. The zero-order chi connectivity index (χ0) is 14.4. The van der Waals surface area contributed by atoms with Gasteiger partial charge in [0.2, 0.25) is 0 Å². The molecule has 1 aromatic heterocycles. The van der Waals surface area contributed by atoms with E-state index in [2.05, 4.69) is 15.6 Å². The maximum atomic E-state index is 11.8. The molecule has 1 atom stereocenters. The minimum atomic E-state index is -0.222. The molecular formula is C14H22N4O2. The number of ether oxygens (including phenoxy) is 1. The smallest absolute Gasteiger partial charge is 0.320 e. The molecule has 1 fully saturated rings. The highest BCUT2D eigenvalue weighted by Crippen LogP contribution is 2.13. The molecule has 1 saturated heterocycles. The minimum absolute atomic E-state index is 0.222. The minimum Gasteiger partial charge on any atom is -0.381 e. The lowest BCUT2D eigenvalue weighted by Crippen LogP contribution is -2.36. The Morgan fingerprint density at radius 1 is 1.50 bits per heavy atom. The van der Waals surface area contributed by atoms with Crippen LogP contribution in [-0.4, -0.2) is 44.9 Å². The molecule has 1 aliphatic heterocycles. The summed E-state index contributed by atoms with van der Waals surface area (Å²) in [6.07, 6.45) is 3.90. The van der Waals surface area contributed by atoms with Crippen molar-refractivity contribution in [1.29, 1.82) is 0 Å². The summed E-state index contributed by atoms with van der Waals surface area (Å²) in [6, 6.07) is 3.48. The zero-order valence-electron chi connectivity index (χ0n) is 12.1. The van der Waals surface area contributed by atoms with Gasteiger partial charge in [0.05, 0.1) is 18.5 Å². The van der Waals surface area contributed by atoms with E-state index >= 15 is 0 Å². The fourth-order valence-corrected chi connectivity index (χ4v) is 2.09. The zero-order valence-corrected chi connectivity index (χ0v) is 12.1. The Morgan fingerprint density at radius 2 is 2.35 bits per heavy atom. The summed E-state index contributed by atoms with van der Waals surface area (Å²) in [5, 5.41) is 5.58. The van der Waals surface area contributed by atoms with E-state index in [1.54, 1.807) is 12.3 Å². The van der Waals surface area contributed by atoms with Gasteiger partial charge in [-0.15, -0.1) is 0 Å². The molecule has 2 heterocycles. The summed E-state index contributed by atoms with van der Waals surface area (Å²) in [5.41, 5.74) is 0.996. The third kappa shape index (κ3) is 4.38. The van der Waals surface area contributed by atoms with Crippen LogP contribution < -0.4 is 15.5 Å². The van der Waals surface area contributed by atoms with Crippen LogP contribution in [0.15, 0.2) is 18.3 Å². The van der Waals surface area contributed by atoms with Gasteiger partial charge in [0, 0.05) is 27.2 Å². The van der Waals surface area contributed by atoms with Gasteiger partial charge in [-0.05, 0) is 30.9 Å². The van der Waals surface area contributed by atoms with E-state index < -0.39 is 0 Å². The van der Waals surface area contributed by atoms with Crippen LogP contribution in [0.4, 0.5) is 16.3 Å². The van der Waals surface area contributed by atoms with Gasteiger partial charge in [-0.25, -0.2) is 9.78 Å². The van der Waals surface area contributed by atoms with Crippen LogP contribution in [-0.2, 0) is 4.74 Å². The molecule has 20 heavy (non-hydrogen) atoms. The molecule has 0 bridgehead atoms. The maximum Gasteiger partial charge on any atom is 0.320 e. The van der Waals surface area contributed by atoms with Crippen LogP contribution in [0.5, 0.6) is 0 Å². The summed E-state index contributed by atoms with van der Waals surface area (Å²) >= 11 is 0. The fourth-order valence-electron chi connectivity index (χ4n) is 2.09. The number of aromatic nitrogens is 1. The van der Waals surface area contributed by atoms with Crippen molar-refractivity contribution in [2.75, 3.05) is 44.1 Å². The molecule has 110 valence electrons. The quantitative estimate of drug-likeness (QED) is 0.879. The van der Waals surface area contributed by atoms with Crippen LogP contribution in [0.2, 0.25) is 0 Å². The number of hydrogen-bond acceptors (Lipinski definition) is 4. The highest BCUT2D eigenvalue weighted by Gasteiger charge is 2.14. The summed E-state index contributed by atoms with van der Waals surface area (Å²) < 4.78 is 5.38. The highest BCUT2D eigenvalue weighted by molar-refractivity contribution is 5.88. The van der Waals surface area contributed by atoms with Crippen molar-refractivity contribution in [3.8, 4) is 0 Å². The monoisotopic (exact) mass is 278 g/mol. The fraction of sp³-hybridized carbons (Fsp3) is 0.571. The Balaban J connectivity index is 1.75. The molecule has 6 nitrogen and oxygen atoms in total. The number of pyridine rings is 1. The molecule has 0 aromatic carbocycles. The molecule has 0 radical (unpaired) electrons. The van der Waals surface area contributed by atoms with Crippen molar-refractivity contribution in [3.63, 3.8) is 0 Å². The van der Waals surface area contributed by atoms with E-state index in [0.717, 1.165) is 31.7 Å². The van der Waals surface area contributed by atoms with Crippen molar-refractivity contribution in [1.82, 2.24) is 10.3 Å². The first-order chi connectivity index (χ1) is 9.65. The summed E-state index contributed by atoms with van der Waals surface area (Å²) in [4.78, 5) is 17.9. The third-order valence-electron chi connectivity index (χ3n) is 3.31. The molecule has 6 heteroatoms. The average molecular weight is 278 g/mol. The predicted octanol–water partition coefficient (Wildman–Crippen LogP) is 1.70. The normalized spacial score (nSPS) is 18.4. The van der Waals surface area contributed by atoms with Gasteiger partial charge < -0.3 is 15.0 Å². The van der Waals surface area contributed by atoms with Crippen LogP contribution in [0, 0.1) is 5.92 Å². The molecule has 2 amide bonds. The first-order valence-corrected chi connectivity index (χ1v) is 6.91. The van der Waals surface area contributed by atoms with Crippen LogP contribution in [0.3, 0.4) is 0 Å². The standard InChI is InChI=1S/C14H22N4O2/c1-18(2)12-5-6-13(15-9-12)17-14(19)16-8-11-4-3-7-20-10-11/h5-6,9,11H,3-4,7-8,10H2,1-2H3,(H2,15,16,17,19). The average Bonchev–Trinajstić information content (AvgIpc) is 2.47. The molecule has 0 saturated carbocycles. The van der Waals surface area contributed by atoms with Crippen molar-refractivity contribution in [3.05, 3.63) is 18.3 Å². The number of urea groups is 1. The van der Waals surface area contributed by atoms with Crippen molar-refractivity contribution < 1.29 is 9.53 Å². The van der Waals surface area contributed by atoms with Crippen molar-refractivity contribution >= 4 is 17.5 Å². The van der Waals surface area contributed by atoms with Crippen molar-refractivity contribution in [2.24, 2.45) is 5.92 Å². The second-order valence-corrected chi connectivity index (χ2v) is 5.21. The molecule has 0 spiro atoms. The van der Waals surface area contributed by atoms with Crippen LogP contribution >= 0.6 is 0 Å². The van der Waals surface area contributed by atoms with Crippen LogP contribution in [0.25, 0.3) is 0 Å². The van der Waals surface area contributed by atoms with Gasteiger partial charge in [-0.1, -0.05) is 0 Å². The number of carbonyl (C=O) groups excluding carboxylic acids is 1. The summed E-state index contributed by atoms with van der Waals surface area (Å²) in [7, 11) is 3.89. The van der Waals surface area contributed by atoms with Gasteiger partial charge in [-0.3, -0.25) is 5.32 Å². The molecule has 1 aliphatic rings. The molecular weight excluding hydrogens is 256 g/mol. The molecule has 2 N–H and O–H groups in total. The number of rotatable bonds is 4. The second-order valence-electron chi connectivity index (χ2n) is 5.21. The van der Waals surface area contributed by atoms with Crippen LogP contribution in [0.1, 0.15) is 12.8 Å². The molecule has 1 aromatic rings. The Kier molecular flexibility index (Phi) is 5.17. The van der Waals surface area contributed by atoms with E-state index in [0.29, 0.717) is 18.3 Å². The Bertz CT molecular complexity index is 427. The van der Waals surface area contributed by atoms with Gasteiger partial charge >= 0.3 is 6.03 Å². The van der Waals surface area contributed by atoms with Gasteiger partial charge in [0.25, 0.3) is 0 Å². The largest absolute Gasteiger partial charge is 0.381 e. The van der Waals surface area contributed by atoms with Gasteiger partial charge in [-0.2, -0.15) is 0 Å². The Hall–Kier alpha value is -1.82. The molecule has 2 rings (SSSR count). The lowest BCUT2D eigenvalue weighted by molar-refractivity contribution is 0.0559. The van der Waals surface area contributed by atoms with E-state index in [1.165, 1.54) is 0 Å². The number of amides is 2. The first-order valence-electron chi connectivity index (χ1n) is 6.91. The summed E-state index contributed by atoms with van der Waals surface area (Å²) in [5.74, 6) is 0.964. The lowest BCUT2D eigenvalue weighted by atomic mass is 10.0. The lowest BCUT2D eigenvalue weighted by Gasteiger charge is -2.22. The second kappa shape index (κ2) is 7.09. The number of nitrogens with one attached hydrogen (secondary N) is 2. The molecule has 0 aliphatic carbocycles. The number of hydrogen-bond donors (Lipinski definition) is 2. The number of anilines is 2. The third-order valence-corrected chi connectivity index (χ3v) is 3.31. The maximum absolute atomic E-state index is 11.8. The van der Waals surface area contributed by atoms with Gasteiger partial charge in [0.1, 0.15) is 5.82 Å². The SMILES string of the molecule is CN(C)c1ccc(NC(=O)NCC2CCCOC2)nc1. The number of nitrogens with zero attached hydrogens (tertiary/aromatic N) is 2. The molecule has 1 unspecified atom stereocenters. The van der Waals surface area contributed by atoms with Gasteiger partial charge in [0.15, 0.2) is 0 Å². The highest BCUT2D eigenvalue weighted by atomic mass is 16.5. The van der Waals surface area contributed by atoms with E-state index in [-0.39, 0.29) is 6.03 Å². The first kappa shape index (κ1) is 14.6. The topological polar surface area (TPSA) is 66.5 Å². The Morgan fingerprint density at radius 3 is 2.95 bits per heavy atom.